The Kier molecular flexibility index (Phi) is 4.70. The molecule has 0 saturated heterocycles. The summed E-state index contributed by atoms with van der Waals surface area (Å²) in [6.45, 7) is 0. The van der Waals surface area contributed by atoms with Gasteiger partial charge in [-0.3, -0.25) is 14.5 Å². The van der Waals surface area contributed by atoms with E-state index in [1.165, 1.54) is 6.08 Å². The lowest BCUT2D eigenvalue weighted by Gasteiger charge is -2.22. The van der Waals surface area contributed by atoms with E-state index < -0.39 is 0 Å². The molecule has 0 spiro atoms. The van der Waals surface area contributed by atoms with E-state index in [1.807, 2.05) is 53.4 Å². The molecule has 4 aromatic carbocycles. The molecule has 0 aliphatic heterocycles. The summed E-state index contributed by atoms with van der Waals surface area (Å²) in [7, 11) is 0. The number of nitrogens with zero attached hydrogens (tertiary/aromatic N) is 1. The van der Waals surface area contributed by atoms with Crippen molar-refractivity contribution in [2.45, 2.75) is 0 Å². The first-order valence-electron chi connectivity index (χ1n) is 11.0. The van der Waals surface area contributed by atoms with Gasteiger partial charge in [0.2, 0.25) is 5.88 Å². The molecule has 0 N–H and O–H groups in total. The summed E-state index contributed by atoms with van der Waals surface area (Å²) >= 11 is 0. The van der Waals surface area contributed by atoms with Crippen LogP contribution < -0.4 is 4.90 Å². The lowest BCUT2D eigenvalue weighted by atomic mass is 10.1. The van der Waals surface area contributed by atoms with Gasteiger partial charge in [-0.25, -0.2) is 0 Å². The number of carbonyl (C=O) groups is 2. The van der Waals surface area contributed by atoms with Crippen molar-refractivity contribution >= 4 is 45.7 Å². The maximum absolute atomic E-state index is 12.8. The largest absolute Gasteiger partial charge is 0.440 e. The first-order chi connectivity index (χ1) is 16.7. The summed E-state index contributed by atoms with van der Waals surface area (Å²) < 4.78 is 6.17. The van der Waals surface area contributed by atoms with E-state index >= 15 is 0 Å². The Morgan fingerprint density at radius 2 is 1.24 bits per heavy atom. The minimum absolute atomic E-state index is 0.124. The van der Waals surface area contributed by atoms with Crippen LogP contribution >= 0.6 is 0 Å². The highest BCUT2D eigenvalue weighted by atomic mass is 16.4. The van der Waals surface area contributed by atoms with Crippen LogP contribution in [0, 0.1) is 0 Å². The molecule has 0 unspecified atom stereocenters. The molecule has 0 saturated carbocycles. The van der Waals surface area contributed by atoms with E-state index in [1.54, 1.807) is 30.3 Å². The SMILES string of the molecule is O=C1C(=Cc2ccc(N(c3ccccc3)c3ccc4ccccc4c3)o2)C(=O)c2ccccc21. The lowest BCUT2D eigenvalue weighted by Crippen LogP contribution is -2.08. The zero-order valence-corrected chi connectivity index (χ0v) is 18.1. The van der Waals surface area contributed by atoms with Gasteiger partial charge in [0.1, 0.15) is 5.76 Å². The third-order valence-corrected chi connectivity index (χ3v) is 6.03. The number of rotatable bonds is 4. The second-order valence-corrected chi connectivity index (χ2v) is 8.14. The van der Waals surface area contributed by atoms with Gasteiger partial charge in [-0.2, -0.15) is 0 Å². The molecular weight excluding hydrogens is 422 g/mol. The van der Waals surface area contributed by atoms with Gasteiger partial charge in [-0.1, -0.05) is 72.8 Å². The van der Waals surface area contributed by atoms with Gasteiger partial charge < -0.3 is 4.42 Å². The Bertz CT molecular complexity index is 1560. The van der Waals surface area contributed by atoms with Crippen LogP contribution in [0.5, 0.6) is 0 Å². The topological polar surface area (TPSA) is 50.5 Å². The second-order valence-electron chi connectivity index (χ2n) is 8.14. The maximum Gasteiger partial charge on any atom is 0.205 e. The molecule has 6 rings (SSSR count). The van der Waals surface area contributed by atoms with Crippen molar-refractivity contribution in [3.05, 3.63) is 132 Å². The van der Waals surface area contributed by atoms with Gasteiger partial charge in [-0.15, -0.1) is 0 Å². The number of para-hydroxylation sites is 1. The quantitative estimate of drug-likeness (QED) is 0.216. The molecule has 1 aromatic heterocycles. The minimum atomic E-state index is -0.270. The van der Waals surface area contributed by atoms with Gasteiger partial charge in [0.05, 0.1) is 5.57 Å². The molecule has 4 nitrogen and oxygen atoms in total. The van der Waals surface area contributed by atoms with Crippen LogP contribution in [0.4, 0.5) is 17.3 Å². The van der Waals surface area contributed by atoms with E-state index in [2.05, 4.69) is 30.3 Å². The van der Waals surface area contributed by atoms with Crippen LogP contribution in [0.1, 0.15) is 26.5 Å². The maximum atomic E-state index is 12.8. The molecule has 0 bridgehead atoms. The van der Waals surface area contributed by atoms with Crippen molar-refractivity contribution in [3.63, 3.8) is 0 Å². The fourth-order valence-electron chi connectivity index (χ4n) is 4.38. The minimum Gasteiger partial charge on any atom is -0.440 e. The molecule has 34 heavy (non-hydrogen) atoms. The normalized spacial score (nSPS) is 12.8. The Morgan fingerprint density at radius 1 is 0.588 bits per heavy atom. The molecule has 5 aromatic rings. The smallest absolute Gasteiger partial charge is 0.205 e. The predicted octanol–water partition coefficient (Wildman–Crippen LogP) is 7.37. The Balaban J connectivity index is 1.42. The third kappa shape index (κ3) is 3.33. The summed E-state index contributed by atoms with van der Waals surface area (Å²) in [5.74, 6) is 0.492. The average molecular weight is 441 g/mol. The molecule has 4 heteroatoms. The Hall–Kier alpha value is -4.70. The van der Waals surface area contributed by atoms with Gasteiger partial charge in [-0.05, 0) is 47.2 Å². The molecule has 0 radical (unpaired) electrons. The molecule has 0 fully saturated rings. The molecule has 162 valence electrons. The second kappa shape index (κ2) is 8.01. The summed E-state index contributed by atoms with van der Waals surface area (Å²) in [5, 5.41) is 2.27. The molecule has 1 aliphatic rings. The van der Waals surface area contributed by atoms with Crippen molar-refractivity contribution < 1.29 is 14.0 Å². The lowest BCUT2D eigenvalue weighted by molar-refractivity contribution is 0.0990. The molecule has 1 aliphatic carbocycles. The Labute approximate surface area is 196 Å². The van der Waals surface area contributed by atoms with E-state index in [4.69, 9.17) is 4.42 Å². The van der Waals surface area contributed by atoms with Crippen LogP contribution in [0.15, 0.2) is 119 Å². The fourth-order valence-corrected chi connectivity index (χ4v) is 4.38. The van der Waals surface area contributed by atoms with Crippen molar-refractivity contribution in [3.8, 4) is 0 Å². The number of benzene rings is 4. The van der Waals surface area contributed by atoms with E-state index in [-0.39, 0.29) is 17.1 Å². The highest BCUT2D eigenvalue weighted by Gasteiger charge is 2.32. The third-order valence-electron chi connectivity index (χ3n) is 6.03. The van der Waals surface area contributed by atoms with E-state index in [0.29, 0.717) is 22.8 Å². The number of ketones is 2. The van der Waals surface area contributed by atoms with Crippen molar-refractivity contribution in [2.24, 2.45) is 0 Å². The number of fused-ring (bicyclic) bond motifs is 2. The van der Waals surface area contributed by atoms with Crippen LogP contribution in [0.25, 0.3) is 16.8 Å². The molecular formula is C30H19NO3. The van der Waals surface area contributed by atoms with Gasteiger partial charge in [0.25, 0.3) is 0 Å². The zero-order valence-electron chi connectivity index (χ0n) is 18.1. The fraction of sp³-hybridized carbons (Fsp3) is 0. The summed E-state index contributed by atoms with van der Waals surface area (Å²) in [5.41, 5.74) is 2.88. The van der Waals surface area contributed by atoms with Crippen molar-refractivity contribution in [1.82, 2.24) is 0 Å². The Morgan fingerprint density at radius 3 is 1.97 bits per heavy atom. The zero-order chi connectivity index (χ0) is 23.1. The van der Waals surface area contributed by atoms with E-state index in [9.17, 15) is 9.59 Å². The molecule has 1 heterocycles. The number of Topliss-reactive ketones (excluding diaryl/α,β-unsaturated/α-hetero) is 2. The van der Waals surface area contributed by atoms with Crippen LogP contribution in [-0.4, -0.2) is 11.6 Å². The standard InChI is InChI=1S/C30H19NO3/c32-29-25-12-6-7-13-26(25)30(33)27(29)19-24-16-17-28(34-24)31(22-10-2-1-3-11-22)23-15-14-20-8-4-5-9-21(20)18-23/h1-19H. The first kappa shape index (κ1) is 19.9. The number of allylic oxidation sites excluding steroid dienone is 1. The number of furan rings is 1. The van der Waals surface area contributed by atoms with Crippen molar-refractivity contribution in [1.29, 1.82) is 0 Å². The number of carbonyl (C=O) groups excluding carboxylic acids is 2. The van der Waals surface area contributed by atoms with E-state index in [0.717, 1.165) is 22.1 Å². The summed E-state index contributed by atoms with van der Waals surface area (Å²) in [6, 6.07) is 34.9. The highest BCUT2D eigenvalue weighted by molar-refractivity contribution is 6.41. The van der Waals surface area contributed by atoms with Crippen molar-refractivity contribution in [2.75, 3.05) is 4.90 Å². The van der Waals surface area contributed by atoms with Crippen LogP contribution in [-0.2, 0) is 0 Å². The van der Waals surface area contributed by atoms with Gasteiger partial charge >= 0.3 is 0 Å². The summed E-state index contributed by atoms with van der Waals surface area (Å²) in [4.78, 5) is 27.6. The molecule has 0 amide bonds. The first-order valence-corrected chi connectivity index (χ1v) is 11.0. The number of hydrogen-bond acceptors (Lipinski definition) is 4. The van der Waals surface area contributed by atoms with Crippen LogP contribution in [0.2, 0.25) is 0 Å². The number of hydrogen-bond donors (Lipinski definition) is 0. The van der Waals surface area contributed by atoms with Gasteiger partial charge in [0.15, 0.2) is 11.6 Å². The highest BCUT2D eigenvalue weighted by Crippen LogP contribution is 2.37. The monoisotopic (exact) mass is 441 g/mol. The summed E-state index contributed by atoms with van der Waals surface area (Å²) in [6.07, 6.45) is 1.54. The van der Waals surface area contributed by atoms with Gasteiger partial charge in [0, 0.05) is 28.6 Å². The average Bonchev–Trinajstić information content (AvgIpc) is 3.44. The predicted molar refractivity (Wildman–Crippen MR) is 134 cm³/mol. The molecule has 0 atom stereocenters. The number of anilines is 3. The van der Waals surface area contributed by atoms with Crippen LogP contribution in [0.3, 0.4) is 0 Å².